The topological polar surface area (TPSA) is 62.0 Å². The Hall–Kier alpha value is -3.63. The lowest BCUT2D eigenvalue weighted by atomic mass is 9.83. The van der Waals surface area contributed by atoms with Crippen molar-refractivity contribution in [2.45, 2.75) is 25.5 Å². The van der Waals surface area contributed by atoms with Crippen molar-refractivity contribution >= 4 is 66.6 Å². The third kappa shape index (κ3) is 5.64. The van der Waals surface area contributed by atoms with Gasteiger partial charge in [-0.25, -0.2) is 4.99 Å². The van der Waals surface area contributed by atoms with Crippen LogP contribution >= 0.6 is 54.8 Å². The van der Waals surface area contributed by atoms with Gasteiger partial charge in [0.15, 0.2) is 16.3 Å². The van der Waals surface area contributed by atoms with Crippen LogP contribution in [-0.4, -0.2) is 18.8 Å². The molecule has 4 aromatic carbocycles. The lowest BCUT2D eigenvalue weighted by Gasteiger charge is -2.31. The number of hydrogen-bond donors (Lipinski definition) is 0. The van der Waals surface area contributed by atoms with Crippen molar-refractivity contribution in [1.29, 1.82) is 0 Å². The maximum absolute atomic E-state index is 14.3. The number of halogens is 3. The average Bonchev–Trinajstić information content (AvgIpc) is 3.37. The Labute approximate surface area is 291 Å². The van der Waals surface area contributed by atoms with Crippen LogP contribution in [0.15, 0.2) is 103 Å². The maximum atomic E-state index is 14.3. The number of aromatic nitrogens is 1. The fraction of sp³-hybridized carbons (Fsp3) is 0.167. The first kappa shape index (κ1) is 31.0. The Morgan fingerprint density at radius 1 is 0.957 bits per heavy atom. The zero-order chi connectivity index (χ0) is 31.9. The van der Waals surface area contributed by atoms with Gasteiger partial charge in [-0.15, -0.1) is 0 Å². The minimum atomic E-state index is -0.333. The molecule has 5 aromatic rings. The first-order valence-corrected chi connectivity index (χ1v) is 17.3. The molecule has 1 atom stereocenters. The molecular formula is C36H27Br2ClN2O4S. The molecule has 0 radical (unpaired) electrons. The zero-order valence-electron chi connectivity index (χ0n) is 24.9. The number of methoxy groups -OCH3 is 2. The summed E-state index contributed by atoms with van der Waals surface area (Å²) in [6.07, 6.45) is 3.58. The van der Waals surface area contributed by atoms with Crippen molar-refractivity contribution in [2.75, 3.05) is 14.2 Å². The summed E-state index contributed by atoms with van der Waals surface area (Å²) < 4.78 is 21.2. The van der Waals surface area contributed by atoms with E-state index in [0.717, 1.165) is 55.3 Å². The lowest BCUT2D eigenvalue weighted by Crippen LogP contribution is -2.38. The van der Waals surface area contributed by atoms with Crippen molar-refractivity contribution in [3.05, 3.63) is 146 Å². The molecule has 232 valence electrons. The highest BCUT2D eigenvalue weighted by atomic mass is 79.9. The number of thiazole rings is 1. The monoisotopic (exact) mass is 776 g/mol. The van der Waals surface area contributed by atoms with Gasteiger partial charge in [-0.1, -0.05) is 71.5 Å². The molecule has 0 N–H and O–H groups in total. The van der Waals surface area contributed by atoms with Crippen LogP contribution in [0.25, 0.3) is 11.8 Å². The van der Waals surface area contributed by atoms with E-state index in [9.17, 15) is 4.79 Å². The first-order chi connectivity index (χ1) is 22.4. The molecule has 0 amide bonds. The molecule has 1 aromatic heterocycles. The molecule has 46 heavy (non-hydrogen) atoms. The summed E-state index contributed by atoms with van der Waals surface area (Å²) >= 11 is 15.0. The number of rotatable bonds is 7. The summed E-state index contributed by atoms with van der Waals surface area (Å²) in [4.78, 5) is 20.1. The van der Waals surface area contributed by atoms with Crippen molar-refractivity contribution in [3.63, 3.8) is 0 Å². The standard InChI is InChI=1S/C36H27Br2ClN2O4S/c1-43-29-14-12-22(18-30(29)44-2)33-25-13-11-21-7-3-5-9-24(21)32(25)40-36-41(33)35(42)31(46-36)17-20-15-26(37)34(27(38)16-20)45-19-23-8-4-6-10-28(23)39/h3-10,12,14-18,33H,11,13,19H2,1-2H3/b31-17+/t33-/m1/s1. The second-order valence-corrected chi connectivity index (χ2v) is 14.0. The molecule has 1 aliphatic carbocycles. The number of nitrogens with zero attached hydrogens (tertiary/aromatic N) is 2. The summed E-state index contributed by atoms with van der Waals surface area (Å²) in [5, 5.41) is 0.651. The highest BCUT2D eigenvalue weighted by molar-refractivity contribution is 9.11. The molecule has 0 fully saturated rings. The molecule has 7 rings (SSSR count). The highest BCUT2D eigenvalue weighted by Gasteiger charge is 2.33. The van der Waals surface area contributed by atoms with Gasteiger partial charge < -0.3 is 14.2 Å². The van der Waals surface area contributed by atoms with Crippen LogP contribution in [-0.2, 0) is 13.0 Å². The van der Waals surface area contributed by atoms with Gasteiger partial charge in [0.25, 0.3) is 5.56 Å². The molecule has 2 aliphatic rings. The van der Waals surface area contributed by atoms with Crippen LogP contribution in [0.2, 0.25) is 5.02 Å². The molecular weight excluding hydrogens is 752 g/mol. The molecule has 10 heteroatoms. The van der Waals surface area contributed by atoms with E-state index in [1.165, 1.54) is 16.9 Å². The van der Waals surface area contributed by atoms with Crippen molar-refractivity contribution in [1.82, 2.24) is 4.57 Å². The Balaban J connectivity index is 1.33. The second kappa shape index (κ2) is 12.9. The van der Waals surface area contributed by atoms with Crippen LogP contribution < -0.4 is 29.1 Å². The van der Waals surface area contributed by atoms with Crippen LogP contribution in [0, 0.1) is 0 Å². The number of aryl methyl sites for hydroxylation is 1. The Bertz CT molecular complexity index is 2200. The summed E-state index contributed by atoms with van der Waals surface area (Å²) in [5.74, 6) is 1.90. The van der Waals surface area contributed by atoms with E-state index < -0.39 is 0 Å². The number of ether oxygens (including phenoxy) is 3. The maximum Gasteiger partial charge on any atom is 0.271 e. The van der Waals surface area contributed by atoms with Gasteiger partial charge in [0, 0.05) is 16.1 Å². The summed E-state index contributed by atoms with van der Waals surface area (Å²) in [6.45, 7) is 0.318. The minimum Gasteiger partial charge on any atom is -0.493 e. The number of allylic oxidation sites excluding steroid dienone is 1. The Kier molecular flexibility index (Phi) is 8.67. The normalized spacial score (nSPS) is 15.5. The van der Waals surface area contributed by atoms with Gasteiger partial charge in [0.2, 0.25) is 0 Å². The fourth-order valence-electron chi connectivity index (χ4n) is 6.06. The average molecular weight is 779 g/mol. The van der Waals surface area contributed by atoms with Gasteiger partial charge in [-0.3, -0.25) is 9.36 Å². The summed E-state index contributed by atoms with van der Waals surface area (Å²) in [7, 11) is 3.24. The fourth-order valence-corrected chi connectivity index (χ4v) is 8.70. The van der Waals surface area contributed by atoms with E-state index in [4.69, 9.17) is 30.8 Å². The third-order valence-corrected chi connectivity index (χ3v) is 10.8. The quantitative estimate of drug-likeness (QED) is 0.168. The van der Waals surface area contributed by atoms with Crippen LogP contribution in [0.1, 0.15) is 40.3 Å². The van der Waals surface area contributed by atoms with Crippen molar-refractivity contribution in [2.24, 2.45) is 4.99 Å². The van der Waals surface area contributed by atoms with E-state index >= 15 is 0 Å². The third-order valence-electron chi connectivity index (χ3n) is 8.24. The van der Waals surface area contributed by atoms with E-state index in [-0.39, 0.29) is 11.6 Å². The molecule has 0 saturated carbocycles. The summed E-state index contributed by atoms with van der Waals surface area (Å²) in [5.41, 5.74) is 7.02. The van der Waals surface area contributed by atoms with Gasteiger partial charge in [-0.2, -0.15) is 0 Å². The van der Waals surface area contributed by atoms with E-state index in [0.29, 0.717) is 38.2 Å². The minimum absolute atomic E-state index is 0.0970. The lowest BCUT2D eigenvalue weighted by molar-refractivity contribution is 0.302. The number of hydrogen-bond acceptors (Lipinski definition) is 6. The molecule has 2 heterocycles. The summed E-state index contributed by atoms with van der Waals surface area (Å²) in [6, 6.07) is 25.4. The van der Waals surface area contributed by atoms with Gasteiger partial charge in [0.05, 0.1) is 39.4 Å². The molecule has 0 saturated heterocycles. The van der Waals surface area contributed by atoms with E-state index in [1.54, 1.807) is 14.2 Å². The van der Waals surface area contributed by atoms with Gasteiger partial charge >= 0.3 is 0 Å². The molecule has 0 bridgehead atoms. The van der Waals surface area contributed by atoms with Crippen molar-refractivity contribution in [3.8, 4) is 17.2 Å². The molecule has 0 unspecified atom stereocenters. The van der Waals surface area contributed by atoms with Crippen LogP contribution in [0.4, 0.5) is 0 Å². The SMILES string of the molecule is COc1ccc([C@@H]2C3=C(N=c4s/c(=C/c5cc(Br)c(OCc6ccccc6Cl)c(Br)c5)c(=O)n42)c2ccccc2CC3)cc1OC. The highest BCUT2D eigenvalue weighted by Crippen LogP contribution is 2.43. The molecule has 6 nitrogen and oxygen atoms in total. The van der Waals surface area contributed by atoms with Crippen LogP contribution in [0.5, 0.6) is 17.2 Å². The van der Waals surface area contributed by atoms with Crippen molar-refractivity contribution < 1.29 is 14.2 Å². The Morgan fingerprint density at radius 3 is 2.46 bits per heavy atom. The predicted molar refractivity (Wildman–Crippen MR) is 190 cm³/mol. The Morgan fingerprint density at radius 2 is 1.70 bits per heavy atom. The van der Waals surface area contributed by atoms with E-state index in [2.05, 4.69) is 50.1 Å². The predicted octanol–water partition coefficient (Wildman–Crippen LogP) is 8.09. The van der Waals surface area contributed by atoms with E-state index in [1.807, 2.05) is 71.3 Å². The second-order valence-electron chi connectivity index (χ2n) is 10.9. The smallest absolute Gasteiger partial charge is 0.271 e. The molecule has 0 spiro atoms. The van der Waals surface area contributed by atoms with Gasteiger partial charge in [-0.05, 0) is 103 Å². The largest absolute Gasteiger partial charge is 0.493 e. The molecule has 1 aliphatic heterocycles. The zero-order valence-corrected chi connectivity index (χ0v) is 29.6. The number of benzene rings is 4. The first-order valence-electron chi connectivity index (χ1n) is 14.6. The van der Waals surface area contributed by atoms with Crippen LogP contribution in [0.3, 0.4) is 0 Å². The number of fused-ring (bicyclic) bond motifs is 3. The van der Waals surface area contributed by atoms with Gasteiger partial charge in [0.1, 0.15) is 12.4 Å².